The maximum Gasteiger partial charge on any atom is 0.0700 e. The van der Waals surface area contributed by atoms with Crippen molar-refractivity contribution in [1.29, 1.82) is 0 Å². The first-order valence-corrected chi connectivity index (χ1v) is 6.81. The van der Waals surface area contributed by atoms with Crippen molar-refractivity contribution in [3.05, 3.63) is 0 Å². The molecule has 4 heteroatoms. The Balaban J connectivity index is 1.61. The molecule has 1 fully saturated rings. The standard InChI is InChI=1S/C13H27NO3/c1-15-8-4-10-17-12-11-16-9-3-2-7-14-13-5-6-13/h13-14H,2-12H2,1H3. The molecule has 0 atom stereocenters. The van der Waals surface area contributed by atoms with Gasteiger partial charge in [0, 0.05) is 33.0 Å². The minimum atomic E-state index is 0.698. The van der Waals surface area contributed by atoms with Crippen LogP contribution in [-0.2, 0) is 14.2 Å². The number of nitrogens with one attached hydrogen (secondary N) is 1. The van der Waals surface area contributed by atoms with Gasteiger partial charge in [0.05, 0.1) is 13.2 Å². The molecule has 0 radical (unpaired) electrons. The minimum Gasteiger partial charge on any atom is -0.385 e. The third-order valence-corrected chi connectivity index (χ3v) is 2.73. The largest absolute Gasteiger partial charge is 0.385 e. The third kappa shape index (κ3) is 10.7. The van der Waals surface area contributed by atoms with E-state index in [4.69, 9.17) is 14.2 Å². The zero-order valence-electron chi connectivity index (χ0n) is 11.1. The second-order valence-corrected chi connectivity index (χ2v) is 4.51. The van der Waals surface area contributed by atoms with Gasteiger partial charge in [-0.15, -0.1) is 0 Å². The summed E-state index contributed by atoms with van der Waals surface area (Å²) in [6.45, 7) is 4.94. The van der Waals surface area contributed by atoms with Gasteiger partial charge in [0.25, 0.3) is 0 Å². The molecule has 1 aliphatic carbocycles. The third-order valence-electron chi connectivity index (χ3n) is 2.73. The molecule has 0 amide bonds. The number of methoxy groups -OCH3 is 1. The number of hydrogen-bond acceptors (Lipinski definition) is 4. The molecular formula is C13H27NO3. The molecular weight excluding hydrogens is 218 g/mol. The predicted molar refractivity (Wildman–Crippen MR) is 68.4 cm³/mol. The molecule has 1 rings (SSSR count). The molecule has 4 nitrogen and oxygen atoms in total. The summed E-state index contributed by atoms with van der Waals surface area (Å²) in [5, 5.41) is 3.50. The van der Waals surface area contributed by atoms with Crippen molar-refractivity contribution >= 4 is 0 Å². The lowest BCUT2D eigenvalue weighted by Gasteiger charge is -2.06. The van der Waals surface area contributed by atoms with Crippen LogP contribution in [0.15, 0.2) is 0 Å². The van der Waals surface area contributed by atoms with Crippen LogP contribution in [-0.4, -0.2) is 52.7 Å². The van der Waals surface area contributed by atoms with E-state index >= 15 is 0 Å². The number of unbranched alkanes of at least 4 members (excludes halogenated alkanes) is 1. The average Bonchev–Trinajstić information content (AvgIpc) is 3.15. The van der Waals surface area contributed by atoms with Crippen molar-refractivity contribution in [1.82, 2.24) is 5.32 Å². The molecule has 1 aliphatic rings. The Labute approximate surface area is 105 Å². The molecule has 0 aromatic carbocycles. The van der Waals surface area contributed by atoms with Crippen LogP contribution >= 0.6 is 0 Å². The number of ether oxygens (including phenoxy) is 3. The van der Waals surface area contributed by atoms with Gasteiger partial charge in [-0.3, -0.25) is 0 Å². The van der Waals surface area contributed by atoms with E-state index in [1.165, 1.54) is 19.3 Å². The molecule has 0 saturated heterocycles. The van der Waals surface area contributed by atoms with Gasteiger partial charge in [-0.05, 0) is 38.6 Å². The molecule has 0 spiro atoms. The highest BCUT2D eigenvalue weighted by atomic mass is 16.5. The smallest absolute Gasteiger partial charge is 0.0700 e. The van der Waals surface area contributed by atoms with Gasteiger partial charge in [-0.1, -0.05) is 0 Å². The molecule has 102 valence electrons. The van der Waals surface area contributed by atoms with Crippen LogP contribution < -0.4 is 5.32 Å². The summed E-state index contributed by atoms with van der Waals surface area (Å²) < 4.78 is 15.8. The summed E-state index contributed by atoms with van der Waals surface area (Å²) in [6, 6.07) is 0.830. The van der Waals surface area contributed by atoms with Gasteiger partial charge in [0.2, 0.25) is 0 Å². The predicted octanol–water partition coefficient (Wildman–Crippen LogP) is 1.59. The molecule has 0 heterocycles. The van der Waals surface area contributed by atoms with E-state index in [1.54, 1.807) is 7.11 Å². The van der Waals surface area contributed by atoms with Crippen LogP contribution in [0.4, 0.5) is 0 Å². The second kappa shape index (κ2) is 11.0. The van der Waals surface area contributed by atoms with Crippen LogP contribution in [0, 0.1) is 0 Å². The Morgan fingerprint density at radius 1 is 0.882 bits per heavy atom. The van der Waals surface area contributed by atoms with E-state index in [-0.39, 0.29) is 0 Å². The summed E-state index contributed by atoms with van der Waals surface area (Å²) >= 11 is 0. The van der Waals surface area contributed by atoms with Crippen molar-refractivity contribution in [2.24, 2.45) is 0 Å². The zero-order valence-corrected chi connectivity index (χ0v) is 11.1. The van der Waals surface area contributed by atoms with Crippen molar-refractivity contribution in [3.8, 4) is 0 Å². The zero-order chi connectivity index (χ0) is 12.2. The summed E-state index contributed by atoms with van der Waals surface area (Å²) in [6.07, 6.45) is 6.06. The maximum absolute atomic E-state index is 5.48. The number of hydrogen-bond donors (Lipinski definition) is 1. The Kier molecular flexibility index (Phi) is 9.61. The van der Waals surface area contributed by atoms with E-state index in [1.807, 2.05) is 0 Å². The van der Waals surface area contributed by atoms with Crippen molar-refractivity contribution in [2.75, 3.05) is 46.7 Å². The highest BCUT2D eigenvalue weighted by molar-refractivity contribution is 4.80. The van der Waals surface area contributed by atoms with Crippen LogP contribution in [0.2, 0.25) is 0 Å². The lowest BCUT2D eigenvalue weighted by molar-refractivity contribution is 0.0388. The monoisotopic (exact) mass is 245 g/mol. The van der Waals surface area contributed by atoms with Gasteiger partial charge < -0.3 is 19.5 Å². The van der Waals surface area contributed by atoms with Gasteiger partial charge in [-0.25, -0.2) is 0 Å². The van der Waals surface area contributed by atoms with Crippen LogP contribution in [0.1, 0.15) is 32.1 Å². The molecule has 0 aromatic heterocycles. The van der Waals surface area contributed by atoms with E-state index < -0.39 is 0 Å². The van der Waals surface area contributed by atoms with Crippen molar-refractivity contribution in [2.45, 2.75) is 38.1 Å². The van der Waals surface area contributed by atoms with E-state index in [2.05, 4.69) is 5.32 Å². The first kappa shape index (κ1) is 14.9. The van der Waals surface area contributed by atoms with Crippen LogP contribution in [0.3, 0.4) is 0 Å². The van der Waals surface area contributed by atoms with Gasteiger partial charge in [0.1, 0.15) is 0 Å². The molecule has 0 unspecified atom stereocenters. The maximum atomic E-state index is 5.48. The highest BCUT2D eigenvalue weighted by Gasteiger charge is 2.19. The molecule has 0 aliphatic heterocycles. The highest BCUT2D eigenvalue weighted by Crippen LogP contribution is 2.18. The van der Waals surface area contributed by atoms with Crippen molar-refractivity contribution < 1.29 is 14.2 Å². The summed E-state index contributed by atoms with van der Waals surface area (Å²) in [5.74, 6) is 0. The van der Waals surface area contributed by atoms with Gasteiger partial charge in [0.15, 0.2) is 0 Å². The fraction of sp³-hybridized carbons (Fsp3) is 1.00. The Bertz CT molecular complexity index is 163. The Morgan fingerprint density at radius 2 is 1.59 bits per heavy atom. The topological polar surface area (TPSA) is 39.7 Å². The normalized spacial score (nSPS) is 15.4. The van der Waals surface area contributed by atoms with Crippen molar-refractivity contribution in [3.63, 3.8) is 0 Å². The molecule has 0 aromatic rings. The fourth-order valence-corrected chi connectivity index (χ4v) is 1.55. The van der Waals surface area contributed by atoms with E-state index in [9.17, 15) is 0 Å². The number of rotatable bonds is 13. The van der Waals surface area contributed by atoms with E-state index in [0.29, 0.717) is 13.2 Å². The van der Waals surface area contributed by atoms with Gasteiger partial charge in [-0.2, -0.15) is 0 Å². The second-order valence-electron chi connectivity index (χ2n) is 4.51. The average molecular weight is 245 g/mol. The lowest BCUT2D eigenvalue weighted by atomic mass is 10.3. The van der Waals surface area contributed by atoms with Crippen LogP contribution in [0.5, 0.6) is 0 Å². The molecule has 17 heavy (non-hydrogen) atoms. The fourth-order valence-electron chi connectivity index (χ4n) is 1.55. The summed E-state index contributed by atoms with van der Waals surface area (Å²) in [4.78, 5) is 0. The van der Waals surface area contributed by atoms with E-state index in [0.717, 1.165) is 45.2 Å². The quantitative estimate of drug-likeness (QED) is 0.500. The summed E-state index contributed by atoms with van der Waals surface area (Å²) in [5.41, 5.74) is 0. The Morgan fingerprint density at radius 3 is 2.24 bits per heavy atom. The molecule has 1 saturated carbocycles. The first-order chi connectivity index (χ1) is 8.43. The summed E-state index contributed by atoms with van der Waals surface area (Å²) in [7, 11) is 1.71. The Hall–Kier alpha value is -0.160. The van der Waals surface area contributed by atoms with Crippen LogP contribution in [0.25, 0.3) is 0 Å². The minimum absolute atomic E-state index is 0.698. The van der Waals surface area contributed by atoms with Gasteiger partial charge >= 0.3 is 0 Å². The molecule has 0 bridgehead atoms. The first-order valence-electron chi connectivity index (χ1n) is 6.81. The molecule has 1 N–H and O–H groups in total. The SMILES string of the molecule is COCCCOCCOCCCCNC1CC1. The lowest BCUT2D eigenvalue weighted by Crippen LogP contribution is -2.17.